The molecular formula is C22H27N3O5S2. The zero-order chi connectivity index (χ0) is 23.2. The number of nitrogens with one attached hydrogen (secondary N) is 3. The van der Waals surface area contributed by atoms with E-state index in [9.17, 15) is 21.6 Å². The second-order valence-corrected chi connectivity index (χ2v) is 11.1. The number of carbonyl (C=O) groups is 1. The van der Waals surface area contributed by atoms with Crippen LogP contribution in [0.3, 0.4) is 0 Å². The van der Waals surface area contributed by atoms with Crippen molar-refractivity contribution in [1.29, 1.82) is 0 Å². The average molecular weight is 478 g/mol. The molecule has 0 aliphatic heterocycles. The molecule has 10 heteroatoms. The minimum absolute atomic E-state index is 0.0353. The van der Waals surface area contributed by atoms with Gasteiger partial charge in [0.05, 0.1) is 9.79 Å². The fourth-order valence-corrected chi connectivity index (χ4v) is 5.77. The number of hydrogen-bond donors (Lipinski definition) is 3. The lowest BCUT2D eigenvalue weighted by Crippen LogP contribution is -2.36. The van der Waals surface area contributed by atoms with Gasteiger partial charge in [0.15, 0.2) is 0 Å². The van der Waals surface area contributed by atoms with E-state index in [-0.39, 0.29) is 27.9 Å². The summed E-state index contributed by atoms with van der Waals surface area (Å²) in [6, 6.07) is 11.4. The Morgan fingerprint density at radius 1 is 0.875 bits per heavy atom. The molecule has 2 aromatic carbocycles. The van der Waals surface area contributed by atoms with Gasteiger partial charge in [-0.15, -0.1) is 6.58 Å². The van der Waals surface area contributed by atoms with E-state index in [4.69, 9.17) is 0 Å². The third-order valence-corrected chi connectivity index (χ3v) is 8.17. The molecule has 0 radical (unpaired) electrons. The molecule has 8 nitrogen and oxygen atoms in total. The normalized spacial score (nSPS) is 15.2. The van der Waals surface area contributed by atoms with Crippen LogP contribution < -0.4 is 14.8 Å². The first-order chi connectivity index (χ1) is 15.2. The van der Waals surface area contributed by atoms with Gasteiger partial charge in [0, 0.05) is 23.8 Å². The van der Waals surface area contributed by atoms with Gasteiger partial charge in [0.25, 0.3) is 5.91 Å². The van der Waals surface area contributed by atoms with Crippen LogP contribution in [0.5, 0.6) is 0 Å². The summed E-state index contributed by atoms with van der Waals surface area (Å²) in [5.41, 5.74) is 0.694. The third-order valence-electron chi connectivity index (χ3n) is 5.19. The van der Waals surface area contributed by atoms with Crippen LogP contribution in [0.4, 0.5) is 5.69 Å². The van der Waals surface area contributed by atoms with Crippen LogP contribution in [0, 0.1) is 0 Å². The lowest BCUT2D eigenvalue weighted by molar-refractivity contribution is 0.102. The van der Waals surface area contributed by atoms with Gasteiger partial charge < -0.3 is 5.32 Å². The van der Waals surface area contributed by atoms with E-state index in [1.165, 1.54) is 54.6 Å². The van der Waals surface area contributed by atoms with Gasteiger partial charge in [-0.1, -0.05) is 25.3 Å². The quantitative estimate of drug-likeness (QED) is 0.479. The highest BCUT2D eigenvalue weighted by Crippen LogP contribution is 2.21. The molecule has 1 aliphatic carbocycles. The average Bonchev–Trinajstić information content (AvgIpc) is 2.78. The summed E-state index contributed by atoms with van der Waals surface area (Å²) in [4.78, 5) is 12.7. The Morgan fingerprint density at radius 3 is 2.03 bits per heavy atom. The van der Waals surface area contributed by atoms with Gasteiger partial charge in [0.1, 0.15) is 0 Å². The predicted octanol–water partition coefficient (Wildman–Crippen LogP) is 3.01. The highest BCUT2D eigenvalue weighted by Gasteiger charge is 2.22. The molecule has 1 amide bonds. The third kappa shape index (κ3) is 6.26. The van der Waals surface area contributed by atoms with Crippen molar-refractivity contribution >= 4 is 31.6 Å². The van der Waals surface area contributed by atoms with E-state index in [1.54, 1.807) is 0 Å². The number of rotatable bonds is 9. The Morgan fingerprint density at radius 2 is 1.44 bits per heavy atom. The summed E-state index contributed by atoms with van der Waals surface area (Å²) >= 11 is 0. The van der Waals surface area contributed by atoms with Crippen molar-refractivity contribution < 1.29 is 21.6 Å². The van der Waals surface area contributed by atoms with Crippen LogP contribution >= 0.6 is 0 Å². The Bertz CT molecular complexity index is 1150. The van der Waals surface area contributed by atoms with Crippen molar-refractivity contribution in [3.05, 3.63) is 66.7 Å². The summed E-state index contributed by atoms with van der Waals surface area (Å²) in [6.45, 7) is 3.57. The van der Waals surface area contributed by atoms with Gasteiger partial charge in [-0.25, -0.2) is 26.3 Å². The molecule has 3 N–H and O–H groups in total. The Kier molecular flexibility index (Phi) is 7.83. The van der Waals surface area contributed by atoms with Crippen molar-refractivity contribution in [3.63, 3.8) is 0 Å². The Balaban J connectivity index is 1.63. The molecule has 0 spiro atoms. The number of hydrogen-bond acceptors (Lipinski definition) is 5. The summed E-state index contributed by atoms with van der Waals surface area (Å²) in [6.07, 6.45) is 6.31. The molecule has 1 aliphatic rings. The monoisotopic (exact) mass is 477 g/mol. The van der Waals surface area contributed by atoms with Gasteiger partial charge in [-0.2, -0.15) is 0 Å². The standard InChI is InChI=1S/C22H27N3O5S2/c1-2-16-23-31(27,28)20-12-8-17(9-13-20)22(26)24-18-10-14-21(15-11-18)32(29,30)25-19-6-4-3-5-7-19/h2,8-15,19,23,25H,1,3-7,16H2,(H,24,26). The summed E-state index contributed by atoms with van der Waals surface area (Å²) < 4.78 is 54.4. The second-order valence-electron chi connectivity index (χ2n) is 7.60. The van der Waals surface area contributed by atoms with Crippen molar-refractivity contribution in [1.82, 2.24) is 9.44 Å². The maximum Gasteiger partial charge on any atom is 0.255 e. The van der Waals surface area contributed by atoms with E-state index >= 15 is 0 Å². The smallest absolute Gasteiger partial charge is 0.255 e. The topological polar surface area (TPSA) is 121 Å². The van der Waals surface area contributed by atoms with E-state index in [1.807, 2.05) is 0 Å². The fourth-order valence-electron chi connectivity index (χ4n) is 3.47. The molecule has 0 unspecified atom stereocenters. The van der Waals surface area contributed by atoms with E-state index in [0.717, 1.165) is 32.1 Å². The molecule has 0 atom stereocenters. The number of amides is 1. The minimum Gasteiger partial charge on any atom is -0.322 e. The lowest BCUT2D eigenvalue weighted by Gasteiger charge is -2.22. The van der Waals surface area contributed by atoms with Gasteiger partial charge in [-0.3, -0.25) is 4.79 Å². The second kappa shape index (κ2) is 10.4. The van der Waals surface area contributed by atoms with Crippen molar-refractivity contribution in [2.75, 3.05) is 11.9 Å². The minimum atomic E-state index is -3.67. The maximum atomic E-state index is 12.6. The molecule has 1 saturated carbocycles. The maximum absolute atomic E-state index is 12.6. The van der Waals surface area contributed by atoms with Gasteiger partial charge >= 0.3 is 0 Å². The van der Waals surface area contributed by atoms with Crippen LogP contribution in [-0.2, 0) is 20.0 Å². The first-order valence-corrected chi connectivity index (χ1v) is 13.3. The molecule has 1 fully saturated rings. The summed E-state index contributed by atoms with van der Waals surface area (Å²) in [5, 5.41) is 2.68. The molecule has 172 valence electrons. The zero-order valence-corrected chi connectivity index (χ0v) is 19.2. The number of sulfonamides is 2. The molecule has 0 aromatic heterocycles. The Labute approximate surface area is 189 Å². The molecular weight excluding hydrogens is 450 g/mol. The largest absolute Gasteiger partial charge is 0.322 e. The van der Waals surface area contributed by atoms with Crippen LogP contribution in [-0.4, -0.2) is 35.3 Å². The molecule has 32 heavy (non-hydrogen) atoms. The van der Waals surface area contributed by atoms with E-state index < -0.39 is 26.0 Å². The van der Waals surface area contributed by atoms with Gasteiger partial charge in [-0.05, 0) is 61.4 Å². The first kappa shape index (κ1) is 24.1. The van der Waals surface area contributed by atoms with E-state index in [0.29, 0.717) is 5.69 Å². The van der Waals surface area contributed by atoms with E-state index in [2.05, 4.69) is 21.3 Å². The molecule has 0 heterocycles. The predicted molar refractivity (Wildman–Crippen MR) is 123 cm³/mol. The molecule has 0 bridgehead atoms. The number of carbonyl (C=O) groups excluding carboxylic acids is 1. The molecule has 0 saturated heterocycles. The van der Waals surface area contributed by atoms with Crippen LogP contribution in [0.1, 0.15) is 42.5 Å². The highest BCUT2D eigenvalue weighted by atomic mass is 32.2. The molecule has 2 aromatic rings. The highest BCUT2D eigenvalue weighted by molar-refractivity contribution is 7.89. The fraction of sp³-hybridized carbons (Fsp3) is 0.318. The Hall–Kier alpha value is -2.53. The first-order valence-electron chi connectivity index (χ1n) is 10.4. The zero-order valence-electron chi connectivity index (χ0n) is 17.6. The number of anilines is 1. The van der Waals surface area contributed by atoms with Crippen molar-refractivity contribution in [2.45, 2.75) is 47.9 Å². The SMILES string of the molecule is C=CCNS(=O)(=O)c1ccc(C(=O)Nc2ccc(S(=O)(=O)NC3CCCCC3)cc2)cc1. The van der Waals surface area contributed by atoms with Crippen LogP contribution in [0.15, 0.2) is 71.0 Å². The summed E-state index contributed by atoms with van der Waals surface area (Å²) in [5.74, 6) is -0.441. The molecule has 3 rings (SSSR count). The number of benzene rings is 2. The van der Waals surface area contributed by atoms with Crippen molar-refractivity contribution in [3.8, 4) is 0 Å². The van der Waals surface area contributed by atoms with Gasteiger partial charge in [0.2, 0.25) is 20.0 Å². The van der Waals surface area contributed by atoms with Crippen molar-refractivity contribution in [2.24, 2.45) is 0 Å². The van der Waals surface area contributed by atoms with Crippen LogP contribution in [0.2, 0.25) is 0 Å². The van der Waals surface area contributed by atoms with Crippen LogP contribution in [0.25, 0.3) is 0 Å². The summed E-state index contributed by atoms with van der Waals surface area (Å²) in [7, 11) is -7.28. The lowest BCUT2D eigenvalue weighted by atomic mass is 9.96.